The average Bonchev–Trinajstić information content (AvgIpc) is 2.46. The van der Waals surface area contributed by atoms with Gasteiger partial charge in [-0.3, -0.25) is 9.59 Å². The molecule has 0 spiro atoms. The van der Waals surface area contributed by atoms with Crippen LogP contribution in [0, 0.1) is 0 Å². The Labute approximate surface area is 106 Å². The summed E-state index contributed by atoms with van der Waals surface area (Å²) < 4.78 is 0. The van der Waals surface area contributed by atoms with Crippen LogP contribution in [0.4, 0.5) is 0 Å². The first kappa shape index (κ1) is 12.6. The van der Waals surface area contributed by atoms with Gasteiger partial charge in [0.05, 0.1) is 6.54 Å². The van der Waals surface area contributed by atoms with Crippen molar-refractivity contribution >= 4 is 11.8 Å². The summed E-state index contributed by atoms with van der Waals surface area (Å²) in [6.45, 7) is 3.12. The van der Waals surface area contributed by atoms with E-state index in [1.54, 1.807) is 29.2 Å². The third-order valence-corrected chi connectivity index (χ3v) is 2.91. The Hall–Kier alpha value is -1.88. The van der Waals surface area contributed by atoms with Crippen molar-refractivity contribution in [1.82, 2.24) is 15.5 Å². The summed E-state index contributed by atoms with van der Waals surface area (Å²) in [5, 5.41) is 5.82. The van der Waals surface area contributed by atoms with E-state index in [9.17, 15) is 9.59 Å². The van der Waals surface area contributed by atoms with E-state index in [1.165, 1.54) is 0 Å². The lowest BCUT2D eigenvalue weighted by molar-refractivity contribution is -0.130. The van der Waals surface area contributed by atoms with E-state index in [4.69, 9.17) is 0 Å². The molecule has 5 heteroatoms. The van der Waals surface area contributed by atoms with Crippen molar-refractivity contribution in [1.29, 1.82) is 0 Å². The van der Waals surface area contributed by atoms with Gasteiger partial charge in [0.1, 0.15) is 0 Å². The zero-order valence-corrected chi connectivity index (χ0v) is 10.2. The molecule has 0 bridgehead atoms. The molecule has 1 aromatic rings. The first-order chi connectivity index (χ1) is 8.77. The zero-order valence-electron chi connectivity index (χ0n) is 10.2. The monoisotopic (exact) mass is 247 g/mol. The highest BCUT2D eigenvalue weighted by molar-refractivity contribution is 5.96. The molecule has 2 amide bonds. The van der Waals surface area contributed by atoms with Crippen LogP contribution in [0.5, 0.6) is 0 Å². The third-order valence-electron chi connectivity index (χ3n) is 2.91. The van der Waals surface area contributed by atoms with Gasteiger partial charge in [0.2, 0.25) is 5.91 Å². The second-order valence-electron chi connectivity index (χ2n) is 4.18. The van der Waals surface area contributed by atoms with Gasteiger partial charge in [0.25, 0.3) is 5.91 Å². The number of carbonyl (C=O) groups excluding carboxylic acids is 2. The summed E-state index contributed by atoms with van der Waals surface area (Å²) in [6, 6.07) is 8.90. The fourth-order valence-corrected chi connectivity index (χ4v) is 1.87. The fourth-order valence-electron chi connectivity index (χ4n) is 1.87. The quantitative estimate of drug-likeness (QED) is 0.781. The molecule has 2 rings (SSSR count). The summed E-state index contributed by atoms with van der Waals surface area (Å²) in [6.07, 6.45) is 0. The second-order valence-corrected chi connectivity index (χ2v) is 4.18. The van der Waals surface area contributed by atoms with Crippen molar-refractivity contribution in [2.24, 2.45) is 0 Å². The standard InChI is InChI=1S/C13H17N3O2/c17-12(16-8-6-14-7-9-16)10-15-13(18)11-4-2-1-3-5-11/h1-5,14H,6-10H2,(H,15,18). The smallest absolute Gasteiger partial charge is 0.251 e. The topological polar surface area (TPSA) is 61.4 Å². The van der Waals surface area contributed by atoms with Crippen LogP contribution >= 0.6 is 0 Å². The number of hydrogen-bond acceptors (Lipinski definition) is 3. The molecule has 0 aromatic heterocycles. The summed E-state index contributed by atoms with van der Waals surface area (Å²) >= 11 is 0. The average molecular weight is 247 g/mol. The van der Waals surface area contributed by atoms with Gasteiger partial charge in [0.15, 0.2) is 0 Å². The number of benzene rings is 1. The minimum Gasteiger partial charge on any atom is -0.343 e. The van der Waals surface area contributed by atoms with Gasteiger partial charge in [-0.05, 0) is 12.1 Å². The second kappa shape index (κ2) is 6.16. The van der Waals surface area contributed by atoms with Crippen LogP contribution in [0.25, 0.3) is 0 Å². The van der Waals surface area contributed by atoms with E-state index in [-0.39, 0.29) is 18.4 Å². The third kappa shape index (κ3) is 3.30. The van der Waals surface area contributed by atoms with E-state index in [1.807, 2.05) is 6.07 Å². The zero-order chi connectivity index (χ0) is 12.8. The number of rotatable bonds is 3. The highest BCUT2D eigenvalue weighted by Crippen LogP contribution is 1.98. The lowest BCUT2D eigenvalue weighted by Gasteiger charge is -2.27. The van der Waals surface area contributed by atoms with E-state index in [0.29, 0.717) is 18.7 Å². The van der Waals surface area contributed by atoms with Crippen molar-refractivity contribution in [3.63, 3.8) is 0 Å². The molecule has 0 unspecified atom stereocenters. The van der Waals surface area contributed by atoms with Crippen LogP contribution in [-0.2, 0) is 4.79 Å². The number of hydrogen-bond donors (Lipinski definition) is 2. The molecule has 0 radical (unpaired) electrons. The molecule has 0 aliphatic carbocycles. The number of piperazine rings is 1. The molecule has 1 heterocycles. The summed E-state index contributed by atoms with van der Waals surface area (Å²) in [7, 11) is 0. The maximum Gasteiger partial charge on any atom is 0.251 e. The van der Waals surface area contributed by atoms with Crippen molar-refractivity contribution in [3.05, 3.63) is 35.9 Å². The molecule has 2 N–H and O–H groups in total. The number of nitrogens with zero attached hydrogens (tertiary/aromatic N) is 1. The van der Waals surface area contributed by atoms with Gasteiger partial charge in [0, 0.05) is 31.7 Å². The van der Waals surface area contributed by atoms with Crippen LogP contribution in [-0.4, -0.2) is 49.4 Å². The molecule has 0 atom stereocenters. The Bertz CT molecular complexity index is 414. The van der Waals surface area contributed by atoms with Gasteiger partial charge in [-0.25, -0.2) is 0 Å². The molecular formula is C13H17N3O2. The largest absolute Gasteiger partial charge is 0.343 e. The van der Waals surface area contributed by atoms with Gasteiger partial charge in [-0.1, -0.05) is 18.2 Å². The van der Waals surface area contributed by atoms with Gasteiger partial charge in [-0.15, -0.1) is 0 Å². The molecule has 18 heavy (non-hydrogen) atoms. The van der Waals surface area contributed by atoms with Crippen LogP contribution in [0.2, 0.25) is 0 Å². The normalized spacial score (nSPS) is 15.2. The minimum absolute atomic E-state index is 0.0271. The SMILES string of the molecule is O=C(NCC(=O)N1CCNCC1)c1ccccc1. The summed E-state index contributed by atoms with van der Waals surface area (Å²) in [5.74, 6) is -0.236. The van der Waals surface area contributed by atoms with Crippen LogP contribution in [0.15, 0.2) is 30.3 Å². The van der Waals surface area contributed by atoms with E-state index < -0.39 is 0 Å². The highest BCUT2D eigenvalue weighted by Gasteiger charge is 2.16. The number of amides is 2. The van der Waals surface area contributed by atoms with Gasteiger partial charge >= 0.3 is 0 Å². The Morgan fingerprint density at radius 3 is 2.50 bits per heavy atom. The van der Waals surface area contributed by atoms with E-state index in [0.717, 1.165) is 13.1 Å². The van der Waals surface area contributed by atoms with Gasteiger partial charge in [-0.2, -0.15) is 0 Å². The highest BCUT2D eigenvalue weighted by atomic mass is 16.2. The minimum atomic E-state index is -0.209. The van der Waals surface area contributed by atoms with Crippen molar-refractivity contribution in [3.8, 4) is 0 Å². The van der Waals surface area contributed by atoms with Crippen LogP contribution < -0.4 is 10.6 Å². The Kier molecular flexibility index (Phi) is 4.30. The van der Waals surface area contributed by atoms with E-state index >= 15 is 0 Å². The van der Waals surface area contributed by atoms with Gasteiger partial charge < -0.3 is 15.5 Å². The predicted molar refractivity (Wildman–Crippen MR) is 68.2 cm³/mol. The molecule has 5 nitrogen and oxygen atoms in total. The Morgan fingerprint density at radius 2 is 1.83 bits per heavy atom. The van der Waals surface area contributed by atoms with Crippen molar-refractivity contribution < 1.29 is 9.59 Å². The number of carbonyl (C=O) groups is 2. The van der Waals surface area contributed by atoms with E-state index in [2.05, 4.69) is 10.6 Å². The molecule has 1 aromatic carbocycles. The molecule has 1 aliphatic heterocycles. The maximum absolute atomic E-state index is 11.8. The molecule has 1 saturated heterocycles. The fraction of sp³-hybridized carbons (Fsp3) is 0.385. The Balaban J connectivity index is 1.80. The molecule has 1 fully saturated rings. The predicted octanol–water partition coefficient (Wildman–Crippen LogP) is -0.152. The first-order valence-corrected chi connectivity index (χ1v) is 6.09. The summed E-state index contributed by atoms with van der Waals surface area (Å²) in [5.41, 5.74) is 0.575. The lowest BCUT2D eigenvalue weighted by Crippen LogP contribution is -2.49. The maximum atomic E-state index is 11.8. The van der Waals surface area contributed by atoms with Crippen LogP contribution in [0.1, 0.15) is 10.4 Å². The van der Waals surface area contributed by atoms with Crippen molar-refractivity contribution in [2.75, 3.05) is 32.7 Å². The van der Waals surface area contributed by atoms with Crippen LogP contribution in [0.3, 0.4) is 0 Å². The number of nitrogens with one attached hydrogen (secondary N) is 2. The summed E-state index contributed by atoms with van der Waals surface area (Å²) in [4.78, 5) is 25.3. The Morgan fingerprint density at radius 1 is 1.17 bits per heavy atom. The lowest BCUT2D eigenvalue weighted by atomic mass is 10.2. The molecular weight excluding hydrogens is 230 g/mol. The molecule has 96 valence electrons. The molecule has 0 saturated carbocycles. The van der Waals surface area contributed by atoms with Crippen molar-refractivity contribution in [2.45, 2.75) is 0 Å². The molecule has 1 aliphatic rings. The first-order valence-electron chi connectivity index (χ1n) is 6.09.